The van der Waals surface area contributed by atoms with E-state index in [0.29, 0.717) is 16.5 Å². The first-order chi connectivity index (χ1) is 8.95. The maximum absolute atomic E-state index is 11.8. The van der Waals surface area contributed by atoms with Crippen LogP contribution in [0.3, 0.4) is 0 Å². The van der Waals surface area contributed by atoms with Gasteiger partial charge in [-0.05, 0) is 28.4 Å². The molecule has 0 aliphatic rings. The van der Waals surface area contributed by atoms with Crippen molar-refractivity contribution in [2.45, 2.75) is 25.9 Å². The second-order valence-corrected chi connectivity index (χ2v) is 4.93. The summed E-state index contributed by atoms with van der Waals surface area (Å²) in [4.78, 5) is 21.9. The molecule has 0 aliphatic carbocycles. The molecule has 1 atom stereocenters. The number of halogens is 1. The number of hydrogen-bond acceptors (Lipinski definition) is 4. The van der Waals surface area contributed by atoms with Gasteiger partial charge < -0.3 is 10.4 Å². The summed E-state index contributed by atoms with van der Waals surface area (Å²) >= 11 is 3.13. The van der Waals surface area contributed by atoms with Gasteiger partial charge in [0.05, 0.1) is 16.6 Å². The van der Waals surface area contributed by atoms with Crippen LogP contribution < -0.4 is 5.32 Å². The van der Waals surface area contributed by atoms with Crippen molar-refractivity contribution >= 4 is 27.5 Å². The van der Waals surface area contributed by atoms with Crippen LogP contribution in [0.5, 0.6) is 0 Å². The van der Waals surface area contributed by atoms with Gasteiger partial charge in [0.15, 0.2) is 0 Å². The lowest BCUT2D eigenvalue weighted by atomic mass is 10.1. The Kier molecular flexibility index (Phi) is 5.91. The van der Waals surface area contributed by atoms with Crippen LogP contribution in [-0.4, -0.2) is 28.6 Å². The molecular weight excluding hydrogens is 316 g/mol. The average molecular weight is 331 g/mol. The first kappa shape index (κ1) is 15.6. The number of non-ortho nitro benzene ring substituents is 1. The molecule has 1 aromatic carbocycles. The normalized spacial score (nSPS) is 11.9. The summed E-state index contributed by atoms with van der Waals surface area (Å²) in [6.07, 6.45) is 0.866. The predicted molar refractivity (Wildman–Crippen MR) is 74.0 cm³/mol. The monoisotopic (exact) mass is 330 g/mol. The van der Waals surface area contributed by atoms with E-state index in [1.165, 1.54) is 18.2 Å². The summed E-state index contributed by atoms with van der Waals surface area (Å²) in [5.41, 5.74) is 0.212. The molecule has 2 N–H and O–H groups in total. The average Bonchev–Trinajstić information content (AvgIpc) is 2.36. The molecule has 1 amide bonds. The molecule has 7 heteroatoms. The Morgan fingerprint density at radius 1 is 1.58 bits per heavy atom. The van der Waals surface area contributed by atoms with Crippen LogP contribution >= 0.6 is 15.9 Å². The lowest BCUT2D eigenvalue weighted by Gasteiger charge is -2.11. The Balaban J connectivity index is 2.70. The molecule has 0 aliphatic heterocycles. The van der Waals surface area contributed by atoms with Crippen molar-refractivity contribution in [1.82, 2.24) is 5.32 Å². The largest absolute Gasteiger partial charge is 0.391 e. The first-order valence-corrected chi connectivity index (χ1v) is 6.65. The molecule has 0 spiro atoms. The molecule has 1 unspecified atom stereocenters. The highest BCUT2D eigenvalue weighted by Gasteiger charge is 2.15. The quantitative estimate of drug-likeness (QED) is 0.618. The van der Waals surface area contributed by atoms with E-state index in [2.05, 4.69) is 21.2 Å². The molecule has 0 radical (unpaired) electrons. The van der Waals surface area contributed by atoms with Gasteiger partial charge in [0.25, 0.3) is 11.6 Å². The van der Waals surface area contributed by atoms with E-state index in [0.717, 1.165) is 6.42 Å². The van der Waals surface area contributed by atoms with Crippen molar-refractivity contribution in [3.8, 4) is 0 Å². The Labute approximate surface area is 119 Å². The minimum absolute atomic E-state index is 0.0885. The number of carbonyl (C=O) groups excluding carboxylic acids is 1. The molecule has 0 bridgehead atoms. The van der Waals surface area contributed by atoms with Gasteiger partial charge in [0, 0.05) is 23.2 Å². The highest BCUT2D eigenvalue weighted by molar-refractivity contribution is 9.10. The summed E-state index contributed by atoms with van der Waals surface area (Å²) in [6, 6.07) is 3.92. The number of nitro benzene ring substituents is 1. The Bertz CT molecular complexity index is 479. The highest BCUT2D eigenvalue weighted by atomic mass is 79.9. The van der Waals surface area contributed by atoms with Gasteiger partial charge in [-0.15, -0.1) is 0 Å². The summed E-state index contributed by atoms with van der Waals surface area (Å²) < 4.78 is 0.351. The fourth-order valence-corrected chi connectivity index (χ4v) is 2.09. The van der Waals surface area contributed by atoms with Gasteiger partial charge >= 0.3 is 0 Å². The van der Waals surface area contributed by atoms with Crippen molar-refractivity contribution in [2.24, 2.45) is 0 Å². The second-order valence-electron chi connectivity index (χ2n) is 4.07. The number of amides is 1. The summed E-state index contributed by atoms with van der Waals surface area (Å²) in [6.45, 7) is 2.11. The van der Waals surface area contributed by atoms with Crippen LogP contribution in [0, 0.1) is 10.1 Å². The van der Waals surface area contributed by atoms with Crippen LogP contribution in [0.25, 0.3) is 0 Å². The summed E-state index contributed by atoms with van der Waals surface area (Å²) in [5, 5.41) is 22.7. The maximum atomic E-state index is 11.8. The zero-order chi connectivity index (χ0) is 14.4. The van der Waals surface area contributed by atoms with Crippen LogP contribution in [0.15, 0.2) is 22.7 Å². The Morgan fingerprint density at radius 3 is 2.79 bits per heavy atom. The summed E-state index contributed by atoms with van der Waals surface area (Å²) in [5.74, 6) is -0.378. The molecule has 0 saturated carbocycles. The number of nitrogens with zero attached hydrogens (tertiary/aromatic N) is 1. The van der Waals surface area contributed by atoms with E-state index >= 15 is 0 Å². The lowest BCUT2D eigenvalue weighted by molar-refractivity contribution is -0.384. The molecule has 1 rings (SSSR count). The van der Waals surface area contributed by atoms with Gasteiger partial charge in [0.2, 0.25) is 0 Å². The number of nitrogens with one attached hydrogen (secondary N) is 1. The van der Waals surface area contributed by atoms with Gasteiger partial charge in [-0.1, -0.05) is 13.3 Å². The van der Waals surface area contributed by atoms with Crippen molar-refractivity contribution in [2.75, 3.05) is 6.54 Å². The summed E-state index contributed by atoms with van der Waals surface area (Å²) in [7, 11) is 0. The van der Waals surface area contributed by atoms with Crippen molar-refractivity contribution in [3.63, 3.8) is 0 Å². The maximum Gasteiger partial charge on any atom is 0.270 e. The van der Waals surface area contributed by atoms with Crippen LogP contribution in [-0.2, 0) is 0 Å². The fourth-order valence-electron chi connectivity index (χ4n) is 1.54. The second kappa shape index (κ2) is 7.20. The molecule has 1 aromatic rings. The van der Waals surface area contributed by atoms with E-state index in [9.17, 15) is 20.0 Å². The number of hydrogen-bond donors (Lipinski definition) is 2. The van der Waals surface area contributed by atoms with Crippen LogP contribution in [0.1, 0.15) is 30.1 Å². The number of nitro groups is 1. The minimum Gasteiger partial charge on any atom is -0.391 e. The predicted octanol–water partition coefficient (Wildman–Crippen LogP) is 2.25. The molecular formula is C12H15BrN2O4. The number of benzene rings is 1. The smallest absolute Gasteiger partial charge is 0.270 e. The number of aliphatic hydroxyl groups is 1. The van der Waals surface area contributed by atoms with Gasteiger partial charge in [-0.25, -0.2) is 0 Å². The van der Waals surface area contributed by atoms with E-state index in [1.807, 2.05) is 6.92 Å². The molecule has 0 aromatic heterocycles. The minimum atomic E-state index is -0.578. The van der Waals surface area contributed by atoms with Crippen molar-refractivity contribution < 1.29 is 14.8 Å². The number of aliphatic hydroxyl groups excluding tert-OH is 1. The highest BCUT2D eigenvalue weighted by Crippen LogP contribution is 2.22. The zero-order valence-electron chi connectivity index (χ0n) is 10.4. The fraction of sp³-hybridized carbons (Fsp3) is 0.417. The van der Waals surface area contributed by atoms with E-state index < -0.39 is 11.0 Å². The molecule has 0 saturated heterocycles. The molecule has 0 heterocycles. The van der Waals surface area contributed by atoms with E-state index in [-0.39, 0.29) is 18.1 Å². The van der Waals surface area contributed by atoms with Crippen molar-refractivity contribution in [3.05, 3.63) is 38.3 Å². The van der Waals surface area contributed by atoms with Crippen LogP contribution in [0.2, 0.25) is 0 Å². The van der Waals surface area contributed by atoms with Crippen molar-refractivity contribution in [1.29, 1.82) is 0 Å². The SMILES string of the molecule is CCCC(O)CNC(=O)c1ccc([N+](=O)[O-])cc1Br. The van der Waals surface area contributed by atoms with E-state index in [4.69, 9.17) is 0 Å². The van der Waals surface area contributed by atoms with Gasteiger partial charge in [0.1, 0.15) is 0 Å². The zero-order valence-corrected chi connectivity index (χ0v) is 12.0. The number of rotatable bonds is 6. The Hall–Kier alpha value is -1.47. The third kappa shape index (κ3) is 4.60. The lowest BCUT2D eigenvalue weighted by Crippen LogP contribution is -2.32. The van der Waals surface area contributed by atoms with E-state index in [1.54, 1.807) is 0 Å². The molecule has 104 valence electrons. The standard InChI is InChI=1S/C12H15BrN2O4/c1-2-3-9(16)7-14-12(17)10-5-4-8(15(18)19)6-11(10)13/h4-6,9,16H,2-3,7H2,1H3,(H,14,17). The number of carbonyl (C=O) groups is 1. The third-order valence-electron chi connectivity index (χ3n) is 2.53. The molecule has 6 nitrogen and oxygen atoms in total. The first-order valence-electron chi connectivity index (χ1n) is 5.86. The topological polar surface area (TPSA) is 92.5 Å². The molecule has 0 fully saturated rings. The third-order valence-corrected chi connectivity index (χ3v) is 3.18. The van der Waals surface area contributed by atoms with Gasteiger partial charge in [-0.2, -0.15) is 0 Å². The Morgan fingerprint density at radius 2 is 2.26 bits per heavy atom. The van der Waals surface area contributed by atoms with Gasteiger partial charge in [-0.3, -0.25) is 14.9 Å². The molecule has 19 heavy (non-hydrogen) atoms. The van der Waals surface area contributed by atoms with Crippen LogP contribution in [0.4, 0.5) is 5.69 Å².